The second-order valence-electron chi connectivity index (χ2n) is 4.75. The zero-order valence-electron chi connectivity index (χ0n) is 10.9. The highest BCUT2D eigenvalue weighted by Gasteiger charge is 2.30. The molecule has 0 aliphatic carbocycles. The van der Waals surface area contributed by atoms with Gasteiger partial charge in [0, 0.05) is 27.7 Å². The summed E-state index contributed by atoms with van der Waals surface area (Å²) >= 11 is 9.24. The van der Waals surface area contributed by atoms with E-state index in [0.29, 0.717) is 21.1 Å². The van der Waals surface area contributed by atoms with Crippen molar-refractivity contribution in [3.8, 4) is 0 Å². The van der Waals surface area contributed by atoms with Crippen LogP contribution in [0.5, 0.6) is 0 Å². The van der Waals surface area contributed by atoms with Crippen LogP contribution < -0.4 is 0 Å². The van der Waals surface area contributed by atoms with Crippen molar-refractivity contribution in [3.05, 3.63) is 34.6 Å². The Balaban J connectivity index is 2.01. The van der Waals surface area contributed by atoms with Gasteiger partial charge in [-0.1, -0.05) is 31.5 Å². The molecule has 0 aromatic heterocycles. The maximum Gasteiger partial charge on any atom is 0.151 e. The molecule has 3 atom stereocenters. The van der Waals surface area contributed by atoms with Crippen molar-refractivity contribution < 1.29 is 9.18 Å². The molecule has 1 heterocycles. The minimum atomic E-state index is -0.393. The lowest BCUT2D eigenvalue weighted by atomic mass is 10.1. The van der Waals surface area contributed by atoms with E-state index in [9.17, 15) is 9.18 Å². The quantitative estimate of drug-likeness (QED) is 0.830. The molecule has 1 fully saturated rings. The monoisotopic (exact) mass is 318 g/mol. The van der Waals surface area contributed by atoms with Crippen LogP contribution >= 0.6 is 35.1 Å². The van der Waals surface area contributed by atoms with E-state index in [1.807, 2.05) is 11.8 Å². The first-order chi connectivity index (χ1) is 8.97. The fourth-order valence-electron chi connectivity index (χ4n) is 1.92. The van der Waals surface area contributed by atoms with Crippen LogP contribution in [0.15, 0.2) is 18.2 Å². The maximum absolute atomic E-state index is 13.7. The second-order valence-corrected chi connectivity index (χ2v) is 8.18. The lowest BCUT2D eigenvalue weighted by Crippen LogP contribution is -2.32. The van der Waals surface area contributed by atoms with Crippen molar-refractivity contribution in [1.82, 2.24) is 0 Å². The van der Waals surface area contributed by atoms with E-state index in [1.165, 1.54) is 6.07 Å². The molecule has 0 saturated carbocycles. The number of hydrogen-bond donors (Lipinski definition) is 0. The molecule has 5 heteroatoms. The highest BCUT2D eigenvalue weighted by atomic mass is 35.5. The van der Waals surface area contributed by atoms with Gasteiger partial charge in [0.05, 0.1) is 5.25 Å². The molecule has 1 nitrogen and oxygen atoms in total. The summed E-state index contributed by atoms with van der Waals surface area (Å²) < 4.78 is 13.7. The number of hydrogen-bond acceptors (Lipinski definition) is 3. The minimum absolute atomic E-state index is 0.0220. The summed E-state index contributed by atoms with van der Waals surface area (Å²) in [6, 6.07) is 4.49. The van der Waals surface area contributed by atoms with Crippen LogP contribution in [-0.2, 0) is 11.2 Å². The number of thioether (sulfide) groups is 2. The Morgan fingerprint density at radius 3 is 2.79 bits per heavy atom. The fourth-order valence-corrected chi connectivity index (χ4v) is 4.97. The molecule has 104 valence electrons. The van der Waals surface area contributed by atoms with Gasteiger partial charge in [0.1, 0.15) is 5.82 Å². The van der Waals surface area contributed by atoms with E-state index in [4.69, 9.17) is 11.6 Å². The van der Waals surface area contributed by atoms with Crippen LogP contribution in [0.1, 0.15) is 19.4 Å². The Labute approximate surface area is 126 Å². The van der Waals surface area contributed by atoms with Gasteiger partial charge in [0.25, 0.3) is 0 Å². The zero-order chi connectivity index (χ0) is 14.0. The van der Waals surface area contributed by atoms with Gasteiger partial charge < -0.3 is 0 Å². The first kappa shape index (κ1) is 15.2. The predicted octanol–water partition coefficient (Wildman–Crippen LogP) is 4.22. The van der Waals surface area contributed by atoms with E-state index < -0.39 is 5.82 Å². The molecule has 0 bridgehead atoms. The molecular formula is C14H16ClFOS2. The number of carbonyl (C=O) groups excluding carboxylic acids is 1. The topological polar surface area (TPSA) is 17.1 Å². The molecule has 0 N–H and O–H groups in total. The van der Waals surface area contributed by atoms with Crippen molar-refractivity contribution in [1.29, 1.82) is 0 Å². The first-order valence-corrected chi connectivity index (χ1v) is 8.58. The van der Waals surface area contributed by atoms with Crippen molar-refractivity contribution in [2.75, 3.05) is 5.75 Å². The average Bonchev–Trinajstić information content (AvgIpc) is 2.36. The largest absolute Gasteiger partial charge is 0.298 e. The average molecular weight is 319 g/mol. The molecule has 1 aliphatic heterocycles. The summed E-state index contributed by atoms with van der Waals surface area (Å²) in [5.41, 5.74) is 0.436. The Morgan fingerprint density at radius 2 is 2.16 bits per heavy atom. The molecule has 1 aromatic carbocycles. The number of benzene rings is 1. The van der Waals surface area contributed by atoms with Gasteiger partial charge >= 0.3 is 0 Å². The van der Waals surface area contributed by atoms with Gasteiger partial charge in [-0.25, -0.2) is 4.39 Å². The Morgan fingerprint density at radius 1 is 1.42 bits per heavy atom. The second kappa shape index (κ2) is 6.51. The zero-order valence-corrected chi connectivity index (χ0v) is 13.2. The van der Waals surface area contributed by atoms with Gasteiger partial charge in [-0.05, 0) is 17.7 Å². The van der Waals surface area contributed by atoms with Crippen molar-refractivity contribution in [3.63, 3.8) is 0 Å². The van der Waals surface area contributed by atoms with Gasteiger partial charge in [0.2, 0.25) is 0 Å². The summed E-state index contributed by atoms with van der Waals surface area (Å²) in [6.07, 6.45) is 0.155. The van der Waals surface area contributed by atoms with E-state index in [2.05, 4.69) is 13.8 Å². The van der Waals surface area contributed by atoms with Crippen molar-refractivity contribution >= 4 is 40.9 Å². The third-order valence-electron chi connectivity index (χ3n) is 3.29. The molecule has 1 aliphatic rings. The summed E-state index contributed by atoms with van der Waals surface area (Å²) in [6.45, 7) is 4.33. The summed E-state index contributed by atoms with van der Waals surface area (Å²) in [4.78, 5) is 12.2. The third-order valence-corrected chi connectivity index (χ3v) is 6.96. The standard InChI is InChI=1S/C14H16ClFOS2/c1-8-9(2)19-14(7-18-8)13(17)5-10-3-4-11(15)6-12(10)16/h3-4,6,8-9,14H,5,7H2,1-2H3. The lowest BCUT2D eigenvalue weighted by Gasteiger charge is -2.30. The molecule has 1 saturated heterocycles. The maximum atomic E-state index is 13.7. The Hall–Kier alpha value is -0.190. The van der Waals surface area contributed by atoms with E-state index in [1.54, 1.807) is 23.9 Å². The van der Waals surface area contributed by atoms with Gasteiger partial charge in [-0.2, -0.15) is 11.8 Å². The summed E-state index contributed by atoms with van der Waals surface area (Å²) in [5, 5.41) is 1.37. The fraction of sp³-hybridized carbons (Fsp3) is 0.500. The van der Waals surface area contributed by atoms with Gasteiger partial charge in [0.15, 0.2) is 5.78 Å². The number of rotatable bonds is 3. The van der Waals surface area contributed by atoms with Crippen LogP contribution in [0.2, 0.25) is 5.02 Å². The first-order valence-electron chi connectivity index (χ1n) is 6.21. The van der Waals surface area contributed by atoms with E-state index in [-0.39, 0.29) is 17.5 Å². The van der Waals surface area contributed by atoms with Gasteiger partial charge in [-0.15, -0.1) is 11.8 Å². The number of Topliss-reactive ketones (excluding diaryl/α,β-unsaturated/α-hetero) is 1. The number of ketones is 1. The molecule has 0 amide bonds. The predicted molar refractivity (Wildman–Crippen MR) is 82.9 cm³/mol. The third kappa shape index (κ3) is 3.89. The highest BCUT2D eigenvalue weighted by molar-refractivity contribution is 8.08. The summed E-state index contributed by atoms with van der Waals surface area (Å²) in [7, 11) is 0. The summed E-state index contributed by atoms with van der Waals surface area (Å²) in [5.74, 6) is 0.540. The highest BCUT2D eigenvalue weighted by Crippen LogP contribution is 2.36. The van der Waals surface area contributed by atoms with Gasteiger partial charge in [-0.3, -0.25) is 4.79 Å². The van der Waals surface area contributed by atoms with Crippen LogP contribution in [0.3, 0.4) is 0 Å². The molecule has 19 heavy (non-hydrogen) atoms. The van der Waals surface area contributed by atoms with Crippen LogP contribution in [0.4, 0.5) is 4.39 Å². The normalized spacial score (nSPS) is 27.3. The molecule has 0 spiro atoms. The Kier molecular flexibility index (Phi) is 5.21. The molecule has 0 radical (unpaired) electrons. The molecular weight excluding hydrogens is 303 g/mol. The van der Waals surface area contributed by atoms with Crippen LogP contribution in [0.25, 0.3) is 0 Å². The van der Waals surface area contributed by atoms with Crippen LogP contribution in [-0.4, -0.2) is 27.3 Å². The smallest absolute Gasteiger partial charge is 0.151 e. The number of halogens is 2. The van der Waals surface area contributed by atoms with E-state index in [0.717, 1.165) is 5.75 Å². The Bertz CT molecular complexity index is 481. The number of carbonyl (C=O) groups is 1. The molecule has 1 aromatic rings. The molecule has 3 unspecified atom stereocenters. The van der Waals surface area contributed by atoms with Crippen LogP contribution in [0, 0.1) is 5.82 Å². The molecule has 2 rings (SSSR count). The lowest BCUT2D eigenvalue weighted by molar-refractivity contribution is -0.117. The van der Waals surface area contributed by atoms with Crippen molar-refractivity contribution in [2.24, 2.45) is 0 Å². The SMILES string of the molecule is CC1SCC(C(=O)Cc2ccc(Cl)cc2F)SC1C. The van der Waals surface area contributed by atoms with E-state index >= 15 is 0 Å². The minimum Gasteiger partial charge on any atom is -0.298 e. The van der Waals surface area contributed by atoms with Crippen molar-refractivity contribution in [2.45, 2.75) is 36.0 Å².